The molecule has 1 aromatic heterocycles. The number of non-ortho nitro benzene ring substituents is 1. The van der Waals surface area contributed by atoms with Crippen molar-refractivity contribution in [3.8, 4) is 0 Å². The van der Waals surface area contributed by atoms with Crippen molar-refractivity contribution in [2.75, 3.05) is 5.32 Å². The molecule has 6 heteroatoms. The second-order valence-corrected chi connectivity index (χ2v) is 5.93. The van der Waals surface area contributed by atoms with Crippen LogP contribution in [0.15, 0.2) is 42.5 Å². The number of hydrogen-bond donors (Lipinski definition) is 1. The molecule has 0 fully saturated rings. The molecule has 0 radical (unpaired) electrons. The molecule has 0 amide bonds. The van der Waals surface area contributed by atoms with Gasteiger partial charge in [0.25, 0.3) is 5.69 Å². The lowest BCUT2D eigenvalue weighted by molar-refractivity contribution is -0.384. The molecule has 3 rings (SSSR count). The number of nitro benzene ring substituents is 1. The van der Waals surface area contributed by atoms with Gasteiger partial charge in [-0.15, -0.1) is 11.3 Å². The van der Waals surface area contributed by atoms with Crippen molar-refractivity contribution in [2.24, 2.45) is 0 Å². The molecule has 0 unspecified atom stereocenters. The van der Waals surface area contributed by atoms with Gasteiger partial charge in [0.05, 0.1) is 20.1 Å². The fourth-order valence-electron chi connectivity index (χ4n) is 2.13. The predicted molar refractivity (Wildman–Crippen MR) is 84.8 cm³/mol. The smallest absolute Gasteiger partial charge is 0.269 e. The number of rotatable bonds is 4. The van der Waals surface area contributed by atoms with Crippen molar-refractivity contribution >= 4 is 32.9 Å². The molecule has 106 valence electrons. The molecule has 0 spiro atoms. The van der Waals surface area contributed by atoms with Gasteiger partial charge in [-0.1, -0.05) is 12.1 Å². The van der Waals surface area contributed by atoms with Gasteiger partial charge in [0.15, 0.2) is 0 Å². The van der Waals surface area contributed by atoms with E-state index in [9.17, 15) is 10.1 Å². The van der Waals surface area contributed by atoms with Crippen LogP contribution in [0.1, 0.15) is 10.6 Å². The maximum Gasteiger partial charge on any atom is 0.269 e. The van der Waals surface area contributed by atoms with E-state index >= 15 is 0 Å². The second-order valence-electron chi connectivity index (χ2n) is 4.70. The highest BCUT2D eigenvalue weighted by Gasteiger charge is 2.06. The molecule has 0 saturated heterocycles. The quantitative estimate of drug-likeness (QED) is 0.581. The number of anilines is 1. The molecule has 0 bridgehead atoms. The summed E-state index contributed by atoms with van der Waals surface area (Å²) >= 11 is 1.65. The van der Waals surface area contributed by atoms with Gasteiger partial charge < -0.3 is 5.32 Å². The van der Waals surface area contributed by atoms with Crippen LogP contribution in [0.25, 0.3) is 10.2 Å². The van der Waals surface area contributed by atoms with E-state index in [1.807, 2.05) is 25.1 Å². The molecule has 1 heterocycles. The summed E-state index contributed by atoms with van der Waals surface area (Å²) in [6.07, 6.45) is 0. The van der Waals surface area contributed by atoms with E-state index in [1.54, 1.807) is 23.5 Å². The summed E-state index contributed by atoms with van der Waals surface area (Å²) in [6, 6.07) is 12.7. The number of benzene rings is 2. The van der Waals surface area contributed by atoms with E-state index in [0.29, 0.717) is 6.54 Å². The zero-order chi connectivity index (χ0) is 14.8. The van der Waals surface area contributed by atoms with Crippen LogP contribution in [0.5, 0.6) is 0 Å². The van der Waals surface area contributed by atoms with Crippen molar-refractivity contribution in [3.05, 3.63) is 63.1 Å². The molecule has 0 aliphatic rings. The zero-order valence-electron chi connectivity index (χ0n) is 11.4. The van der Waals surface area contributed by atoms with Gasteiger partial charge in [0.2, 0.25) is 0 Å². The van der Waals surface area contributed by atoms with Gasteiger partial charge in [-0.05, 0) is 30.7 Å². The average molecular weight is 299 g/mol. The Balaban J connectivity index is 1.76. The summed E-state index contributed by atoms with van der Waals surface area (Å²) < 4.78 is 1.14. The molecule has 0 aliphatic carbocycles. The molecule has 0 atom stereocenters. The summed E-state index contributed by atoms with van der Waals surface area (Å²) in [7, 11) is 0. The first-order valence-electron chi connectivity index (χ1n) is 6.46. The van der Waals surface area contributed by atoms with Crippen LogP contribution in [0.2, 0.25) is 0 Å². The van der Waals surface area contributed by atoms with Gasteiger partial charge in [-0.2, -0.15) is 0 Å². The first-order valence-corrected chi connectivity index (χ1v) is 7.28. The van der Waals surface area contributed by atoms with E-state index in [0.717, 1.165) is 26.5 Å². The van der Waals surface area contributed by atoms with Gasteiger partial charge in [0, 0.05) is 24.4 Å². The highest BCUT2D eigenvalue weighted by molar-refractivity contribution is 7.18. The van der Waals surface area contributed by atoms with E-state index in [2.05, 4.69) is 16.4 Å². The van der Waals surface area contributed by atoms with Crippen LogP contribution >= 0.6 is 11.3 Å². The SMILES string of the molecule is Cc1nc2ccc(NCc3cccc([N+](=O)[O-])c3)cc2s1. The number of nitrogens with zero attached hydrogens (tertiary/aromatic N) is 2. The summed E-state index contributed by atoms with van der Waals surface area (Å²) in [6.45, 7) is 2.53. The van der Waals surface area contributed by atoms with Gasteiger partial charge in [-0.25, -0.2) is 4.98 Å². The number of thiazole rings is 1. The Morgan fingerprint density at radius 1 is 1.29 bits per heavy atom. The van der Waals surface area contributed by atoms with Crippen LogP contribution in [0.4, 0.5) is 11.4 Å². The van der Waals surface area contributed by atoms with Crippen molar-refractivity contribution in [3.63, 3.8) is 0 Å². The molecule has 3 aromatic rings. The highest BCUT2D eigenvalue weighted by atomic mass is 32.1. The van der Waals surface area contributed by atoms with E-state index < -0.39 is 0 Å². The lowest BCUT2D eigenvalue weighted by Gasteiger charge is -2.06. The number of aromatic nitrogens is 1. The highest BCUT2D eigenvalue weighted by Crippen LogP contribution is 2.25. The maximum absolute atomic E-state index is 10.8. The first kappa shape index (κ1) is 13.5. The van der Waals surface area contributed by atoms with E-state index in [4.69, 9.17) is 0 Å². The third kappa shape index (κ3) is 3.00. The molecule has 1 N–H and O–H groups in total. The van der Waals surface area contributed by atoms with Crippen LogP contribution in [0, 0.1) is 17.0 Å². The first-order chi connectivity index (χ1) is 10.1. The Kier molecular flexibility index (Phi) is 3.53. The van der Waals surface area contributed by atoms with Crippen molar-refractivity contribution in [1.82, 2.24) is 4.98 Å². The number of nitrogens with one attached hydrogen (secondary N) is 1. The second kappa shape index (κ2) is 5.49. The zero-order valence-corrected chi connectivity index (χ0v) is 12.2. The lowest BCUT2D eigenvalue weighted by atomic mass is 10.2. The number of nitro groups is 1. The third-order valence-electron chi connectivity index (χ3n) is 3.11. The van der Waals surface area contributed by atoms with E-state index in [-0.39, 0.29) is 10.6 Å². The Labute approximate surface area is 125 Å². The van der Waals surface area contributed by atoms with Gasteiger partial charge in [-0.3, -0.25) is 10.1 Å². The maximum atomic E-state index is 10.8. The number of fused-ring (bicyclic) bond motifs is 1. The van der Waals surface area contributed by atoms with Crippen molar-refractivity contribution < 1.29 is 4.92 Å². The van der Waals surface area contributed by atoms with Crippen molar-refractivity contribution in [1.29, 1.82) is 0 Å². The number of aryl methyl sites for hydroxylation is 1. The molecular formula is C15H13N3O2S. The van der Waals surface area contributed by atoms with Crippen LogP contribution in [-0.4, -0.2) is 9.91 Å². The lowest BCUT2D eigenvalue weighted by Crippen LogP contribution is -1.99. The fraction of sp³-hybridized carbons (Fsp3) is 0.133. The third-order valence-corrected chi connectivity index (χ3v) is 4.05. The van der Waals surface area contributed by atoms with E-state index in [1.165, 1.54) is 6.07 Å². The molecule has 5 nitrogen and oxygen atoms in total. The average Bonchev–Trinajstić information content (AvgIpc) is 2.84. The topological polar surface area (TPSA) is 68.1 Å². The molecule has 2 aromatic carbocycles. The molecule has 0 saturated carbocycles. The largest absolute Gasteiger partial charge is 0.381 e. The summed E-state index contributed by atoms with van der Waals surface area (Å²) in [5.41, 5.74) is 2.98. The summed E-state index contributed by atoms with van der Waals surface area (Å²) in [5.74, 6) is 0. The summed E-state index contributed by atoms with van der Waals surface area (Å²) in [5, 5.41) is 15.1. The Hall–Kier alpha value is -2.47. The van der Waals surface area contributed by atoms with Gasteiger partial charge >= 0.3 is 0 Å². The minimum atomic E-state index is -0.379. The monoisotopic (exact) mass is 299 g/mol. The minimum Gasteiger partial charge on any atom is -0.381 e. The van der Waals surface area contributed by atoms with Crippen LogP contribution < -0.4 is 5.32 Å². The Morgan fingerprint density at radius 3 is 2.95 bits per heavy atom. The van der Waals surface area contributed by atoms with Crippen LogP contribution in [-0.2, 0) is 6.54 Å². The minimum absolute atomic E-state index is 0.114. The molecular weight excluding hydrogens is 286 g/mol. The Bertz CT molecular complexity index is 814. The molecule has 21 heavy (non-hydrogen) atoms. The molecule has 0 aliphatic heterocycles. The van der Waals surface area contributed by atoms with Crippen LogP contribution in [0.3, 0.4) is 0 Å². The number of hydrogen-bond acceptors (Lipinski definition) is 5. The fourth-order valence-corrected chi connectivity index (χ4v) is 3.00. The predicted octanol–water partition coefficient (Wildman–Crippen LogP) is 4.13. The van der Waals surface area contributed by atoms with Gasteiger partial charge in [0.1, 0.15) is 0 Å². The van der Waals surface area contributed by atoms with Crippen molar-refractivity contribution in [2.45, 2.75) is 13.5 Å². The normalized spacial score (nSPS) is 10.7. The standard InChI is InChI=1S/C15H13N3O2S/c1-10-17-14-6-5-12(8-15(14)21-10)16-9-11-3-2-4-13(7-11)18(19)20/h2-8,16H,9H2,1H3. The Morgan fingerprint density at radius 2 is 2.14 bits per heavy atom. The summed E-state index contributed by atoms with van der Waals surface area (Å²) in [4.78, 5) is 14.8.